The summed E-state index contributed by atoms with van der Waals surface area (Å²) in [6.45, 7) is 11.2. The Morgan fingerprint density at radius 2 is 2.00 bits per heavy atom. The van der Waals surface area contributed by atoms with E-state index in [-0.39, 0.29) is 0 Å². The molecule has 0 aliphatic carbocycles. The maximum Gasteiger partial charge on any atom is 0.0335 e. The average Bonchev–Trinajstić information content (AvgIpc) is 2.71. The van der Waals surface area contributed by atoms with Gasteiger partial charge in [-0.15, -0.1) is 0 Å². The Bertz CT molecular complexity index is 302. The normalized spacial score (nSPS) is 13.2. The lowest BCUT2D eigenvalue weighted by Crippen LogP contribution is -2.21. The van der Waals surface area contributed by atoms with Crippen molar-refractivity contribution in [2.45, 2.75) is 59.5 Å². The van der Waals surface area contributed by atoms with Gasteiger partial charge in [-0.2, -0.15) is 0 Å². The summed E-state index contributed by atoms with van der Waals surface area (Å²) in [7, 11) is 0. The van der Waals surface area contributed by atoms with Gasteiger partial charge in [-0.05, 0) is 36.9 Å². The number of aromatic nitrogens is 1. The highest BCUT2D eigenvalue weighted by molar-refractivity contribution is 5.15. The van der Waals surface area contributed by atoms with Gasteiger partial charge in [-0.1, -0.05) is 34.1 Å². The molecular weight excluding hydrogens is 208 g/mol. The topological polar surface area (TPSA) is 17.0 Å². The molecule has 0 spiro atoms. The van der Waals surface area contributed by atoms with Gasteiger partial charge < -0.3 is 9.88 Å². The van der Waals surface area contributed by atoms with Crippen LogP contribution in [-0.2, 0) is 6.54 Å². The van der Waals surface area contributed by atoms with E-state index >= 15 is 0 Å². The molecule has 0 saturated carbocycles. The van der Waals surface area contributed by atoms with Gasteiger partial charge in [0, 0.05) is 25.0 Å². The van der Waals surface area contributed by atoms with Crippen molar-refractivity contribution in [1.82, 2.24) is 9.88 Å². The summed E-state index contributed by atoms with van der Waals surface area (Å²) in [5, 5.41) is 3.64. The summed E-state index contributed by atoms with van der Waals surface area (Å²) < 4.78 is 2.32. The molecule has 0 amide bonds. The van der Waals surface area contributed by atoms with Gasteiger partial charge in [0.25, 0.3) is 0 Å². The van der Waals surface area contributed by atoms with E-state index in [4.69, 9.17) is 0 Å². The van der Waals surface area contributed by atoms with Gasteiger partial charge in [0.05, 0.1) is 0 Å². The molecule has 2 heteroatoms. The van der Waals surface area contributed by atoms with Crippen LogP contribution in [0.25, 0.3) is 0 Å². The molecule has 0 aromatic carbocycles. The molecule has 1 aromatic rings. The molecule has 0 fully saturated rings. The fraction of sp³-hybridized carbons (Fsp3) is 0.733. The highest BCUT2D eigenvalue weighted by Crippen LogP contribution is 2.19. The lowest BCUT2D eigenvalue weighted by molar-refractivity contribution is 0.488. The van der Waals surface area contributed by atoms with Gasteiger partial charge in [0.1, 0.15) is 0 Å². The SMILES string of the molecule is CCCNC(CCC)c1ccn(CC(C)C)c1. The fourth-order valence-corrected chi connectivity index (χ4v) is 2.19. The summed E-state index contributed by atoms with van der Waals surface area (Å²) in [6, 6.07) is 2.80. The third-order valence-electron chi connectivity index (χ3n) is 2.97. The zero-order chi connectivity index (χ0) is 12.7. The summed E-state index contributed by atoms with van der Waals surface area (Å²) in [6.07, 6.45) is 8.18. The van der Waals surface area contributed by atoms with Crippen LogP contribution in [-0.4, -0.2) is 11.1 Å². The first-order valence-corrected chi connectivity index (χ1v) is 7.06. The van der Waals surface area contributed by atoms with Crippen LogP contribution < -0.4 is 5.32 Å². The number of nitrogens with one attached hydrogen (secondary N) is 1. The fourth-order valence-electron chi connectivity index (χ4n) is 2.19. The van der Waals surface area contributed by atoms with E-state index in [1.165, 1.54) is 24.8 Å². The Balaban J connectivity index is 2.62. The second-order valence-corrected chi connectivity index (χ2v) is 5.33. The van der Waals surface area contributed by atoms with Crippen molar-refractivity contribution in [3.05, 3.63) is 24.0 Å². The van der Waals surface area contributed by atoms with Crippen molar-refractivity contribution in [2.24, 2.45) is 5.92 Å². The van der Waals surface area contributed by atoms with Crippen molar-refractivity contribution in [2.75, 3.05) is 6.54 Å². The van der Waals surface area contributed by atoms with Crippen LogP contribution in [0.15, 0.2) is 18.5 Å². The molecule has 1 unspecified atom stereocenters. The molecule has 1 heterocycles. The second kappa shape index (κ2) is 7.54. The molecule has 1 aromatic heterocycles. The van der Waals surface area contributed by atoms with Crippen LogP contribution in [0.1, 0.15) is 58.6 Å². The zero-order valence-electron chi connectivity index (χ0n) is 11.9. The predicted octanol–water partition coefficient (Wildman–Crippen LogP) is 3.98. The number of rotatable bonds is 8. The van der Waals surface area contributed by atoms with Gasteiger partial charge in [0.15, 0.2) is 0 Å². The molecule has 0 bridgehead atoms. The first-order valence-electron chi connectivity index (χ1n) is 7.06. The van der Waals surface area contributed by atoms with E-state index in [0.29, 0.717) is 12.0 Å². The van der Waals surface area contributed by atoms with Gasteiger partial charge in [-0.3, -0.25) is 0 Å². The molecule has 0 radical (unpaired) electrons. The Kier molecular flexibility index (Phi) is 6.35. The minimum Gasteiger partial charge on any atom is -0.354 e. The molecular formula is C15H28N2. The van der Waals surface area contributed by atoms with Crippen LogP contribution in [0.2, 0.25) is 0 Å². The quantitative estimate of drug-likeness (QED) is 0.722. The highest BCUT2D eigenvalue weighted by atomic mass is 15.0. The molecule has 0 aliphatic rings. The maximum atomic E-state index is 3.64. The van der Waals surface area contributed by atoms with E-state index in [1.54, 1.807) is 0 Å². The first-order chi connectivity index (χ1) is 8.17. The summed E-state index contributed by atoms with van der Waals surface area (Å²) in [4.78, 5) is 0. The first kappa shape index (κ1) is 14.3. The van der Waals surface area contributed by atoms with E-state index in [1.807, 2.05) is 0 Å². The third kappa shape index (κ3) is 4.95. The number of nitrogens with zero attached hydrogens (tertiary/aromatic N) is 1. The van der Waals surface area contributed by atoms with Crippen LogP contribution in [0, 0.1) is 5.92 Å². The molecule has 17 heavy (non-hydrogen) atoms. The molecule has 1 atom stereocenters. The lowest BCUT2D eigenvalue weighted by atomic mass is 10.1. The monoisotopic (exact) mass is 236 g/mol. The van der Waals surface area contributed by atoms with Gasteiger partial charge >= 0.3 is 0 Å². The minimum absolute atomic E-state index is 0.536. The summed E-state index contributed by atoms with van der Waals surface area (Å²) >= 11 is 0. The summed E-state index contributed by atoms with van der Waals surface area (Å²) in [5.41, 5.74) is 1.45. The van der Waals surface area contributed by atoms with Crippen LogP contribution in [0.3, 0.4) is 0 Å². The Morgan fingerprint density at radius 3 is 2.59 bits per heavy atom. The molecule has 2 nitrogen and oxygen atoms in total. The third-order valence-corrected chi connectivity index (χ3v) is 2.97. The largest absolute Gasteiger partial charge is 0.354 e. The van der Waals surface area contributed by atoms with Gasteiger partial charge in [0.2, 0.25) is 0 Å². The van der Waals surface area contributed by atoms with Crippen LogP contribution in [0.5, 0.6) is 0 Å². The van der Waals surface area contributed by atoms with E-state index in [9.17, 15) is 0 Å². The van der Waals surface area contributed by atoms with Crippen molar-refractivity contribution in [1.29, 1.82) is 0 Å². The second-order valence-electron chi connectivity index (χ2n) is 5.33. The molecule has 0 saturated heterocycles. The standard InChI is InChI=1S/C15H28N2/c1-5-7-15(16-9-6-2)14-8-10-17(12-14)11-13(3)4/h8,10,12-13,15-16H,5-7,9,11H2,1-4H3. The predicted molar refractivity (Wildman–Crippen MR) is 75.2 cm³/mol. The molecule has 98 valence electrons. The van der Waals surface area contributed by atoms with Crippen LogP contribution in [0.4, 0.5) is 0 Å². The highest BCUT2D eigenvalue weighted by Gasteiger charge is 2.10. The van der Waals surface area contributed by atoms with E-state index in [0.717, 1.165) is 13.1 Å². The smallest absolute Gasteiger partial charge is 0.0335 e. The molecule has 1 rings (SSSR count). The van der Waals surface area contributed by atoms with E-state index in [2.05, 4.69) is 56.0 Å². The van der Waals surface area contributed by atoms with Crippen molar-refractivity contribution >= 4 is 0 Å². The number of hydrogen-bond donors (Lipinski definition) is 1. The minimum atomic E-state index is 0.536. The Morgan fingerprint density at radius 1 is 1.24 bits per heavy atom. The Hall–Kier alpha value is -0.760. The van der Waals surface area contributed by atoms with Gasteiger partial charge in [-0.25, -0.2) is 0 Å². The van der Waals surface area contributed by atoms with Crippen molar-refractivity contribution in [3.8, 4) is 0 Å². The zero-order valence-corrected chi connectivity index (χ0v) is 11.9. The average molecular weight is 236 g/mol. The van der Waals surface area contributed by atoms with Crippen molar-refractivity contribution in [3.63, 3.8) is 0 Å². The molecule has 1 N–H and O–H groups in total. The maximum absolute atomic E-state index is 3.64. The molecule has 0 aliphatic heterocycles. The van der Waals surface area contributed by atoms with Crippen LogP contribution >= 0.6 is 0 Å². The Labute approximate surface area is 106 Å². The summed E-state index contributed by atoms with van der Waals surface area (Å²) in [5.74, 6) is 0.712. The van der Waals surface area contributed by atoms with E-state index < -0.39 is 0 Å². The number of hydrogen-bond acceptors (Lipinski definition) is 1. The van der Waals surface area contributed by atoms with Crippen molar-refractivity contribution < 1.29 is 0 Å². The lowest BCUT2D eigenvalue weighted by Gasteiger charge is -2.16.